The quantitative estimate of drug-likeness (QED) is 0.538. The Hall–Kier alpha value is -2.74. The molecule has 0 radical (unpaired) electrons. The largest absolute Gasteiger partial charge is 0.289 e. The number of rotatable bonds is 3. The molecule has 138 valence electrons. The second-order valence-electron chi connectivity index (χ2n) is 6.52. The Bertz CT molecular complexity index is 1130. The molecule has 0 unspecified atom stereocenters. The summed E-state index contributed by atoms with van der Waals surface area (Å²) < 4.78 is 27.8. The van der Waals surface area contributed by atoms with Crippen molar-refractivity contribution in [3.05, 3.63) is 77.9 Å². The Morgan fingerprint density at radius 2 is 1.63 bits per heavy atom. The molecule has 1 atom stereocenters. The summed E-state index contributed by atoms with van der Waals surface area (Å²) in [4.78, 5) is 12.3. The number of hydroxylamine groups is 1. The van der Waals surface area contributed by atoms with Crippen LogP contribution in [0.5, 0.6) is 0 Å². The van der Waals surface area contributed by atoms with Gasteiger partial charge in [0.15, 0.2) is 0 Å². The number of sulfonamides is 1. The lowest BCUT2D eigenvalue weighted by atomic mass is 9.95. The van der Waals surface area contributed by atoms with Crippen molar-refractivity contribution in [3.63, 3.8) is 0 Å². The molecule has 7 heteroatoms. The zero-order valence-electron chi connectivity index (χ0n) is 14.4. The van der Waals surface area contributed by atoms with Crippen LogP contribution in [0.3, 0.4) is 0 Å². The van der Waals surface area contributed by atoms with Gasteiger partial charge in [-0.1, -0.05) is 54.6 Å². The first-order chi connectivity index (χ1) is 13.0. The molecule has 2 N–H and O–H groups in total. The number of benzene rings is 3. The van der Waals surface area contributed by atoms with E-state index >= 15 is 0 Å². The summed E-state index contributed by atoms with van der Waals surface area (Å²) in [6.07, 6.45) is 0.204. The van der Waals surface area contributed by atoms with Gasteiger partial charge in [0.1, 0.15) is 6.04 Å². The molecular weight excluding hydrogens is 364 g/mol. The molecule has 3 aromatic carbocycles. The standard InChI is InChI=1S/C20H18N2O4S/c23-20(21-24)19-12-16-7-3-4-8-17(16)13-22(19)27(25,26)18-10-9-14-5-1-2-6-15(14)11-18/h1-11,19,24H,12-13H2,(H,21,23)/t19-/m1/s1. The van der Waals surface area contributed by atoms with Crippen LogP contribution in [0, 0.1) is 0 Å². The van der Waals surface area contributed by atoms with Gasteiger partial charge in [0.25, 0.3) is 5.91 Å². The molecule has 0 fully saturated rings. The average Bonchev–Trinajstić information content (AvgIpc) is 2.71. The van der Waals surface area contributed by atoms with Gasteiger partial charge < -0.3 is 0 Å². The maximum Gasteiger partial charge on any atom is 0.262 e. The lowest BCUT2D eigenvalue weighted by Gasteiger charge is -2.34. The third-order valence-electron chi connectivity index (χ3n) is 4.95. The Morgan fingerprint density at radius 1 is 0.963 bits per heavy atom. The van der Waals surface area contributed by atoms with Crippen molar-refractivity contribution < 1.29 is 18.4 Å². The molecule has 1 amide bonds. The fourth-order valence-corrected chi connectivity index (χ4v) is 5.11. The highest BCUT2D eigenvalue weighted by molar-refractivity contribution is 7.89. The van der Waals surface area contributed by atoms with E-state index < -0.39 is 22.0 Å². The maximum atomic E-state index is 13.3. The Kier molecular flexibility index (Phi) is 4.43. The fraction of sp³-hybridized carbons (Fsp3) is 0.150. The normalized spacial score (nSPS) is 17.4. The van der Waals surface area contributed by atoms with Gasteiger partial charge in [0.05, 0.1) is 4.90 Å². The van der Waals surface area contributed by atoms with Gasteiger partial charge >= 0.3 is 0 Å². The van der Waals surface area contributed by atoms with E-state index in [4.69, 9.17) is 5.21 Å². The van der Waals surface area contributed by atoms with Gasteiger partial charge in [-0.2, -0.15) is 4.31 Å². The number of carbonyl (C=O) groups is 1. The molecule has 1 heterocycles. The highest BCUT2D eigenvalue weighted by Crippen LogP contribution is 2.30. The van der Waals surface area contributed by atoms with Gasteiger partial charge in [-0.25, -0.2) is 13.9 Å². The minimum atomic E-state index is -3.94. The van der Waals surface area contributed by atoms with Crippen LogP contribution >= 0.6 is 0 Å². The first-order valence-corrected chi connectivity index (χ1v) is 9.96. The van der Waals surface area contributed by atoms with E-state index in [1.807, 2.05) is 48.5 Å². The maximum absolute atomic E-state index is 13.3. The molecule has 1 aliphatic rings. The smallest absolute Gasteiger partial charge is 0.262 e. The summed E-state index contributed by atoms with van der Waals surface area (Å²) in [7, 11) is -3.94. The number of nitrogens with one attached hydrogen (secondary N) is 1. The molecule has 27 heavy (non-hydrogen) atoms. The molecule has 1 aliphatic heterocycles. The van der Waals surface area contributed by atoms with E-state index in [1.165, 1.54) is 0 Å². The minimum absolute atomic E-state index is 0.0728. The van der Waals surface area contributed by atoms with Crippen LogP contribution in [-0.4, -0.2) is 29.9 Å². The highest BCUT2D eigenvalue weighted by atomic mass is 32.2. The van der Waals surface area contributed by atoms with Gasteiger partial charge in [-0.3, -0.25) is 10.0 Å². The van der Waals surface area contributed by atoms with E-state index in [1.54, 1.807) is 23.7 Å². The van der Waals surface area contributed by atoms with Crippen molar-refractivity contribution in [2.45, 2.75) is 23.9 Å². The molecule has 0 saturated carbocycles. The molecule has 6 nitrogen and oxygen atoms in total. The molecule has 0 saturated heterocycles. The van der Waals surface area contributed by atoms with Crippen LogP contribution in [0.15, 0.2) is 71.6 Å². The molecular formula is C20H18N2O4S. The van der Waals surface area contributed by atoms with Crippen molar-refractivity contribution in [1.82, 2.24) is 9.79 Å². The van der Waals surface area contributed by atoms with Crippen LogP contribution in [0.2, 0.25) is 0 Å². The number of carbonyl (C=O) groups excluding carboxylic acids is 1. The predicted molar refractivity (Wildman–Crippen MR) is 101 cm³/mol. The monoisotopic (exact) mass is 382 g/mol. The van der Waals surface area contributed by atoms with E-state index in [0.717, 1.165) is 26.2 Å². The first kappa shape index (κ1) is 17.7. The lowest BCUT2D eigenvalue weighted by Crippen LogP contribution is -2.51. The van der Waals surface area contributed by atoms with Crippen molar-refractivity contribution >= 4 is 26.7 Å². The van der Waals surface area contributed by atoms with Crippen LogP contribution in [0.4, 0.5) is 0 Å². The zero-order chi connectivity index (χ0) is 19.0. The summed E-state index contributed by atoms with van der Waals surface area (Å²) in [5.74, 6) is -0.742. The third-order valence-corrected chi connectivity index (χ3v) is 6.80. The molecule has 3 aromatic rings. The minimum Gasteiger partial charge on any atom is -0.289 e. The molecule has 0 aromatic heterocycles. The first-order valence-electron chi connectivity index (χ1n) is 8.52. The highest BCUT2D eigenvalue weighted by Gasteiger charge is 2.39. The topological polar surface area (TPSA) is 86.7 Å². The second-order valence-corrected chi connectivity index (χ2v) is 8.41. The molecule has 4 rings (SSSR count). The number of hydrogen-bond donors (Lipinski definition) is 2. The third kappa shape index (κ3) is 3.10. The SMILES string of the molecule is O=C(NO)[C@H]1Cc2ccccc2CN1S(=O)(=O)c1ccc2ccccc2c1. The number of hydrogen-bond acceptors (Lipinski definition) is 4. The van der Waals surface area contributed by atoms with Crippen LogP contribution in [0.1, 0.15) is 11.1 Å². The van der Waals surface area contributed by atoms with Gasteiger partial charge in [-0.05, 0) is 40.5 Å². The van der Waals surface area contributed by atoms with Crippen LogP contribution in [0.25, 0.3) is 10.8 Å². The average molecular weight is 382 g/mol. The van der Waals surface area contributed by atoms with E-state index in [9.17, 15) is 13.2 Å². The van der Waals surface area contributed by atoms with Crippen LogP contribution in [-0.2, 0) is 27.8 Å². The lowest BCUT2D eigenvalue weighted by molar-refractivity contribution is -0.133. The zero-order valence-corrected chi connectivity index (χ0v) is 15.2. The predicted octanol–water partition coefficient (Wildman–Crippen LogP) is 2.46. The van der Waals surface area contributed by atoms with E-state index in [-0.39, 0.29) is 17.9 Å². The number of fused-ring (bicyclic) bond motifs is 2. The van der Waals surface area contributed by atoms with Crippen molar-refractivity contribution in [2.75, 3.05) is 0 Å². The van der Waals surface area contributed by atoms with Gasteiger partial charge in [0, 0.05) is 6.54 Å². The summed E-state index contributed by atoms with van der Waals surface area (Å²) in [5.41, 5.74) is 3.35. The molecule has 0 bridgehead atoms. The molecule has 0 spiro atoms. The Balaban J connectivity index is 1.80. The molecule has 0 aliphatic carbocycles. The summed E-state index contributed by atoms with van der Waals surface area (Å²) >= 11 is 0. The Labute approximate surface area is 157 Å². The van der Waals surface area contributed by atoms with Gasteiger partial charge in [-0.15, -0.1) is 0 Å². The fourth-order valence-electron chi connectivity index (χ4n) is 3.51. The summed E-state index contributed by atoms with van der Waals surface area (Å²) in [6, 6.07) is 18.8. The van der Waals surface area contributed by atoms with Crippen molar-refractivity contribution in [2.24, 2.45) is 0 Å². The number of nitrogens with zero attached hydrogens (tertiary/aromatic N) is 1. The second kappa shape index (κ2) is 6.77. The van der Waals surface area contributed by atoms with E-state index in [2.05, 4.69) is 0 Å². The van der Waals surface area contributed by atoms with Crippen molar-refractivity contribution in [1.29, 1.82) is 0 Å². The summed E-state index contributed by atoms with van der Waals surface area (Å²) in [6.45, 7) is 0.0728. The Morgan fingerprint density at radius 3 is 2.37 bits per heavy atom. The van der Waals surface area contributed by atoms with Crippen LogP contribution < -0.4 is 5.48 Å². The van der Waals surface area contributed by atoms with E-state index in [0.29, 0.717) is 0 Å². The summed E-state index contributed by atoms with van der Waals surface area (Å²) in [5, 5.41) is 10.8. The number of amides is 1. The van der Waals surface area contributed by atoms with Crippen molar-refractivity contribution in [3.8, 4) is 0 Å². The van der Waals surface area contributed by atoms with Gasteiger partial charge in [0.2, 0.25) is 10.0 Å².